The Balaban J connectivity index is 1.19. The lowest BCUT2D eigenvalue weighted by Crippen LogP contribution is -2.52. The maximum absolute atomic E-state index is 2.82. The highest BCUT2D eigenvalue weighted by molar-refractivity contribution is 6.85. The maximum atomic E-state index is 2.82. The quantitative estimate of drug-likeness (QED) is 0.161. The number of fused-ring (bicyclic) bond motifs is 11. The number of hydrogen-bond donors (Lipinski definition) is 0. The van der Waals surface area contributed by atoms with Gasteiger partial charge in [0.05, 0.1) is 11.0 Å². The van der Waals surface area contributed by atoms with E-state index in [1.54, 1.807) is 0 Å². The highest BCUT2D eigenvalue weighted by Gasteiger charge is 2.53. The van der Waals surface area contributed by atoms with Crippen LogP contribution in [0, 0.1) is 0 Å². The van der Waals surface area contributed by atoms with Crippen molar-refractivity contribution >= 4 is 73.0 Å². The predicted molar refractivity (Wildman–Crippen MR) is 315 cm³/mol. The summed E-state index contributed by atoms with van der Waals surface area (Å²) in [5.74, 6) is 0. The van der Waals surface area contributed by atoms with Crippen LogP contribution in [0.2, 0.25) is 0 Å². The Kier molecular flexibility index (Phi) is 9.43. The van der Waals surface area contributed by atoms with Gasteiger partial charge in [0.15, 0.2) is 0 Å². The Morgan fingerprint density at radius 1 is 0.411 bits per heavy atom. The zero-order chi connectivity index (χ0) is 51.1. The van der Waals surface area contributed by atoms with Crippen molar-refractivity contribution in [3.63, 3.8) is 0 Å². The summed E-state index contributed by atoms with van der Waals surface area (Å²) >= 11 is 0. The number of allylic oxidation sites excluding steroid dienone is 1. The number of rotatable bonds is 3. The van der Waals surface area contributed by atoms with Crippen LogP contribution in [0.15, 0.2) is 163 Å². The SMILES string of the molecule is CC(C)(C)c1ccc(-c2ccc3c(c2)C2=C(B4c5c(cc(C(C)(C)C)cc5N2c2ccc(C(C)(C)C)cc2)-c2cc(C(C)(C)C)cc5c6cc7c(cc6n4c25)c2ccccc2n7-c2ccccc2)C3(C)C)cc1. The number of anilines is 2. The minimum atomic E-state index is -0.329. The molecule has 0 amide bonds. The van der Waals surface area contributed by atoms with E-state index in [9.17, 15) is 0 Å². The molecule has 2 aromatic heterocycles. The van der Waals surface area contributed by atoms with Crippen LogP contribution in [-0.2, 0) is 27.1 Å². The summed E-state index contributed by atoms with van der Waals surface area (Å²) in [6.07, 6.45) is 0. The minimum Gasteiger partial charge on any atom is -0.376 e. The summed E-state index contributed by atoms with van der Waals surface area (Å²) in [6, 6.07) is 61.6. The molecule has 4 heteroatoms. The van der Waals surface area contributed by atoms with Gasteiger partial charge in [-0.3, -0.25) is 0 Å². The van der Waals surface area contributed by atoms with Gasteiger partial charge in [0.1, 0.15) is 0 Å². The standard InChI is InChI=1S/C69H68BN3/c1-65(2,3)43-27-24-41(25-28-43)42-26-33-56-55(34-42)63-64(69(56,13)14)70-61-52(35-46(68(10,11)12)38-60(61)72(63)48-31-29-44(30-32-48)66(4,5)6)54-37-45(67(7,8)9)36-53-51-39-58-50(40-59(51)73(70)62(53)54)49-22-18-19-23-57(49)71(58)47-20-16-15-17-21-47/h15-40H,1-14H3. The summed E-state index contributed by atoms with van der Waals surface area (Å²) < 4.78 is 5.30. The summed E-state index contributed by atoms with van der Waals surface area (Å²) in [7, 11) is 0. The minimum absolute atomic E-state index is 0.0226. The van der Waals surface area contributed by atoms with Gasteiger partial charge in [-0.05, 0) is 144 Å². The molecule has 73 heavy (non-hydrogen) atoms. The fourth-order valence-corrected chi connectivity index (χ4v) is 13.0. The third-order valence-electron chi connectivity index (χ3n) is 17.1. The van der Waals surface area contributed by atoms with Gasteiger partial charge in [0, 0.05) is 71.9 Å². The number of nitrogens with zero attached hydrogens (tertiary/aromatic N) is 3. The van der Waals surface area contributed by atoms with E-state index in [-0.39, 0.29) is 33.9 Å². The van der Waals surface area contributed by atoms with Gasteiger partial charge in [0.2, 0.25) is 0 Å². The lowest BCUT2D eigenvalue weighted by atomic mass is 9.40. The molecule has 2 aliphatic heterocycles. The first kappa shape index (κ1) is 45.8. The second kappa shape index (κ2) is 15.0. The average Bonchev–Trinajstić information content (AvgIpc) is 3.93. The molecular weight excluding hydrogens is 882 g/mol. The smallest absolute Gasteiger partial charge is 0.329 e. The highest BCUT2D eigenvalue weighted by atomic mass is 15.2. The molecule has 0 N–H and O–H groups in total. The molecule has 0 spiro atoms. The monoisotopic (exact) mass is 950 g/mol. The molecule has 13 rings (SSSR count). The molecule has 0 saturated carbocycles. The zero-order valence-electron chi connectivity index (χ0n) is 45.4. The van der Waals surface area contributed by atoms with E-state index >= 15 is 0 Å². The second-order valence-electron chi connectivity index (χ2n) is 26.3. The van der Waals surface area contributed by atoms with Crippen LogP contribution in [0.1, 0.15) is 130 Å². The first-order valence-electron chi connectivity index (χ1n) is 26.7. The van der Waals surface area contributed by atoms with E-state index in [0.29, 0.717) is 0 Å². The van der Waals surface area contributed by atoms with Gasteiger partial charge in [-0.1, -0.05) is 188 Å². The van der Waals surface area contributed by atoms with Crippen molar-refractivity contribution in [2.45, 2.75) is 124 Å². The molecule has 8 aromatic carbocycles. The van der Waals surface area contributed by atoms with Crippen LogP contribution < -0.4 is 10.4 Å². The maximum Gasteiger partial charge on any atom is 0.329 e. The van der Waals surface area contributed by atoms with Crippen molar-refractivity contribution in [1.29, 1.82) is 0 Å². The van der Waals surface area contributed by atoms with E-state index in [4.69, 9.17) is 0 Å². The van der Waals surface area contributed by atoms with Crippen LogP contribution in [0.4, 0.5) is 11.4 Å². The molecule has 1 aliphatic carbocycles. The molecule has 0 radical (unpaired) electrons. The number of benzene rings is 8. The number of aromatic nitrogens is 2. The molecule has 0 fully saturated rings. The largest absolute Gasteiger partial charge is 0.376 e. The Labute approximate surface area is 433 Å². The Morgan fingerprint density at radius 2 is 0.973 bits per heavy atom. The molecule has 0 saturated heterocycles. The van der Waals surface area contributed by atoms with Crippen LogP contribution in [0.3, 0.4) is 0 Å². The number of para-hydroxylation sites is 2. The zero-order valence-corrected chi connectivity index (χ0v) is 45.4. The Morgan fingerprint density at radius 3 is 1.63 bits per heavy atom. The lowest BCUT2D eigenvalue weighted by Gasteiger charge is -2.44. The Bertz CT molecular complexity index is 4000. The third kappa shape index (κ3) is 6.64. The summed E-state index contributed by atoms with van der Waals surface area (Å²) in [5.41, 5.74) is 25.7. The summed E-state index contributed by atoms with van der Waals surface area (Å²) in [4.78, 5) is 2.69. The first-order chi connectivity index (χ1) is 34.5. The van der Waals surface area contributed by atoms with Crippen LogP contribution in [-0.4, -0.2) is 15.9 Å². The van der Waals surface area contributed by atoms with E-state index in [2.05, 4.69) is 269 Å². The van der Waals surface area contributed by atoms with Gasteiger partial charge < -0.3 is 13.9 Å². The molecule has 10 aromatic rings. The summed E-state index contributed by atoms with van der Waals surface area (Å²) in [6.45, 7) is 33.1. The van der Waals surface area contributed by atoms with Crippen molar-refractivity contribution in [2.75, 3.05) is 4.90 Å². The molecular formula is C69H68BN3. The van der Waals surface area contributed by atoms with Gasteiger partial charge >= 0.3 is 6.85 Å². The first-order valence-corrected chi connectivity index (χ1v) is 26.7. The lowest BCUT2D eigenvalue weighted by molar-refractivity contribution is 0.589. The highest BCUT2D eigenvalue weighted by Crippen LogP contribution is 2.58. The molecule has 0 bridgehead atoms. The van der Waals surface area contributed by atoms with Crippen molar-refractivity contribution in [3.8, 4) is 27.9 Å². The number of hydrogen-bond acceptors (Lipinski definition) is 1. The summed E-state index contributed by atoms with van der Waals surface area (Å²) in [5, 5.41) is 5.18. The topological polar surface area (TPSA) is 13.1 Å². The Hall–Kier alpha value is -7.04. The van der Waals surface area contributed by atoms with Gasteiger partial charge in [-0.2, -0.15) is 0 Å². The fraction of sp³-hybridized carbons (Fsp3) is 0.275. The van der Waals surface area contributed by atoms with E-state index in [1.807, 2.05) is 0 Å². The molecule has 362 valence electrons. The molecule has 0 unspecified atom stereocenters. The van der Waals surface area contributed by atoms with Crippen LogP contribution in [0.5, 0.6) is 0 Å². The predicted octanol–water partition coefficient (Wildman–Crippen LogP) is 17.9. The third-order valence-corrected chi connectivity index (χ3v) is 17.1. The molecule has 3 nitrogen and oxygen atoms in total. The van der Waals surface area contributed by atoms with Crippen LogP contribution >= 0.6 is 0 Å². The fourth-order valence-electron chi connectivity index (χ4n) is 13.0. The van der Waals surface area contributed by atoms with E-state index < -0.39 is 0 Å². The van der Waals surface area contributed by atoms with Gasteiger partial charge in [-0.25, -0.2) is 0 Å². The van der Waals surface area contributed by atoms with Crippen LogP contribution in [0.25, 0.3) is 77.2 Å². The van der Waals surface area contributed by atoms with Gasteiger partial charge in [-0.15, -0.1) is 0 Å². The van der Waals surface area contributed by atoms with Crippen molar-refractivity contribution < 1.29 is 0 Å². The van der Waals surface area contributed by atoms with Crippen molar-refractivity contribution in [2.24, 2.45) is 0 Å². The van der Waals surface area contributed by atoms with E-state index in [1.165, 1.54) is 133 Å². The van der Waals surface area contributed by atoms with Crippen molar-refractivity contribution in [1.82, 2.24) is 9.05 Å². The second-order valence-corrected chi connectivity index (χ2v) is 26.3. The average molecular weight is 950 g/mol. The normalized spacial score (nSPS) is 15.3. The molecule has 4 heterocycles. The molecule has 3 aliphatic rings. The van der Waals surface area contributed by atoms with E-state index in [0.717, 1.165) is 0 Å². The molecule has 0 atom stereocenters. The van der Waals surface area contributed by atoms with Crippen molar-refractivity contribution in [3.05, 3.63) is 197 Å². The van der Waals surface area contributed by atoms with Gasteiger partial charge in [0.25, 0.3) is 0 Å².